The van der Waals surface area contributed by atoms with Crippen LogP contribution in [0.3, 0.4) is 0 Å². The second kappa shape index (κ2) is 5.30. The van der Waals surface area contributed by atoms with Crippen LogP contribution in [-0.2, 0) is 16.1 Å². The highest BCUT2D eigenvalue weighted by molar-refractivity contribution is 6.35. The van der Waals surface area contributed by atoms with Gasteiger partial charge in [-0.15, -0.1) is 0 Å². The quantitative estimate of drug-likeness (QED) is 0.741. The zero-order chi connectivity index (χ0) is 13.1. The molecule has 0 N–H and O–H groups in total. The number of nitrogens with zero attached hydrogens (tertiary/aromatic N) is 4. The number of halogens is 1. The van der Waals surface area contributed by atoms with Gasteiger partial charge < -0.3 is 9.80 Å². The van der Waals surface area contributed by atoms with E-state index in [2.05, 4.69) is 9.97 Å². The second-order valence-electron chi connectivity index (χ2n) is 3.94. The molecular formula is C11H13ClN4O2. The van der Waals surface area contributed by atoms with E-state index in [1.165, 1.54) is 22.2 Å². The van der Waals surface area contributed by atoms with Crippen LogP contribution in [0.2, 0.25) is 5.15 Å². The summed E-state index contributed by atoms with van der Waals surface area (Å²) in [7, 11) is 0. The van der Waals surface area contributed by atoms with Gasteiger partial charge >= 0.3 is 11.8 Å². The van der Waals surface area contributed by atoms with Crippen LogP contribution >= 0.6 is 11.6 Å². The Hall–Kier alpha value is -1.69. The van der Waals surface area contributed by atoms with Gasteiger partial charge in [0, 0.05) is 19.6 Å². The number of likely N-dealkylation sites (N-methyl/N-ethyl adjacent to an activating group) is 1. The number of hydrogen-bond donors (Lipinski definition) is 0. The number of amides is 2. The van der Waals surface area contributed by atoms with Crippen molar-refractivity contribution in [2.75, 3.05) is 19.6 Å². The first kappa shape index (κ1) is 12.8. The van der Waals surface area contributed by atoms with Gasteiger partial charge in [0.15, 0.2) is 0 Å². The molecule has 2 amide bonds. The van der Waals surface area contributed by atoms with Gasteiger partial charge in [-0.05, 0) is 6.92 Å². The molecular weight excluding hydrogens is 256 g/mol. The van der Waals surface area contributed by atoms with Crippen molar-refractivity contribution in [3.8, 4) is 0 Å². The maximum Gasteiger partial charge on any atom is 0.312 e. The Kier molecular flexibility index (Phi) is 3.76. The summed E-state index contributed by atoms with van der Waals surface area (Å²) in [4.78, 5) is 34.5. The van der Waals surface area contributed by atoms with Gasteiger partial charge in [-0.3, -0.25) is 14.6 Å². The van der Waals surface area contributed by atoms with Crippen LogP contribution in [0.5, 0.6) is 0 Å². The number of piperazine rings is 1. The number of carbonyl (C=O) groups excluding carboxylic acids is 2. The van der Waals surface area contributed by atoms with Gasteiger partial charge in [0.05, 0.1) is 24.6 Å². The minimum absolute atomic E-state index is 0.284. The third-order valence-corrected chi connectivity index (χ3v) is 3.00. The maximum atomic E-state index is 11.8. The van der Waals surface area contributed by atoms with E-state index in [0.717, 1.165) is 0 Å². The average molecular weight is 269 g/mol. The molecule has 0 radical (unpaired) electrons. The molecule has 0 bridgehead atoms. The third kappa shape index (κ3) is 2.59. The van der Waals surface area contributed by atoms with Gasteiger partial charge in [0.1, 0.15) is 5.15 Å². The minimum Gasteiger partial charge on any atom is -0.333 e. The Bertz CT molecular complexity index is 463. The van der Waals surface area contributed by atoms with Crippen molar-refractivity contribution < 1.29 is 9.59 Å². The summed E-state index contributed by atoms with van der Waals surface area (Å²) in [5, 5.41) is 0.303. The van der Waals surface area contributed by atoms with Crippen molar-refractivity contribution in [3.05, 3.63) is 23.2 Å². The minimum atomic E-state index is -0.486. The molecule has 6 nitrogen and oxygen atoms in total. The lowest BCUT2D eigenvalue weighted by Gasteiger charge is -2.32. The van der Waals surface area contributed by atoms with Crippen LogP contribution in [0.4, 0.5) is 0 Å². The molecule has 1 aromatic rings. The smallest absolute Gasteiger partial charge is 0.312 e. The number of rotatable bonds is 3. The monoisotopic (exact) mass is 268 g/mol. The van der Waals surface area contributed by atoms with Crippen molar-refractivity contribution in [1.82, 2.24) is 19.8 Å². The molecule has 1 fully saturated rings. The topological polar surface area (TPSA) is 66.4 Å². The predicted octanol–water partition coefficient (Wildman–Crippen LogP) is 0.321. The van der Waals surface area contributed by atoms with Crippen molar-refractivity contribution >= 4 is 23.4 Å². The average Bonchev–Trinajstić information content (AvgIpc) is 2.38. The molecule has 96 valence electrons. The lowest BCUT2D eigenvalue weighted by molar-refractivity contribution is -0.156. The molecule has 1 aromatic heterocycles. The lowest BCUT2D eigenvalue weighted by Crippen LogP contribution is -2.53. The van der Waals surface area contributed by atoms with Crippen LogP contribution < -0.4 is 0 Å². The van der Waals surface area contributed by atoms with E-state index in [4.69, 9.17) is 11.6 Å². The molecule has 2 heterocycles. The molecule has 0 aliphatic carbocycles. The van der Waals surface area contributed by atoms with Crippen molar-refractivity contribution in [3.63, 3.8) is 0 Å². The Labute approximate surface area is 110 Å². The van der Waals surface area contributed by atoms with E-state index in [0.29, 0.717) is 30.5 Å². The molecule has 18 heavy (non-hydrogen) atoms. The number of hydrogen-bond acceptors (Lipinski definition) is 4. The molecule has 0 saturated carbocycles. The van der Waals surface area contributed by atoms with E-state index < -0.39 is 11.8 Å². The van der Waals surface area contributed by atoms with E-state index in [9.17, 15) is 9.59 Å². The van der Waals surface area contributed by atoms with E-state index in [-0.39, 0.29) is 6.54 Å². The van der Waals surface area contributed by atoms with Crippen LogP contribution in [0.15, 0.2) is 12.4 Å². The van der Waals surface area contributed by atoms with E-state index >= 15 is 0 Å². The van der Waals surface area contributed by atoms with Crippen LogP contribution in [0.25, 0.3) is 0 Å². The summed E-state index contributed by atoms with van der Waals surface area (Å²) in [5.41, 5.74) is 0.616. The summed E-state index contributed by atoms with van der Waals surface area (Å²) in [6.07, 6.45) is 2.93. The van der Waals surface area contributed by atoms with Crippen LogP contribution in [0.1, 0.15) is 12.6 Å². The molecule has 0 unspecified atom stereocenters. The number of aromatic nitrogens is 2. The van der Waals surface area contributed by atoms with Crippen molar-refractivity contribution in [2.24, 2.45) is 0 Å². The first-order chi connectivity index (χ1) is 8.61. The highest BCUT2D eigenvalue weighted by atomic mass is 35.5. The standard InChI is InChI=1S/C11H13ClN4O2/c1-2-15-3-4-16(11(18)10(15)17)7-8-5-14-9(12)6-13-8/h5-6H,2-4,7H2,1H3. The van der Waals surface area contributed by atoms with Gasteiger partial charge in [0.2, 0.25) is 0 Å². The van der Waals surface area contributed by atoms with Gasteiger partial charge in [0.25, 0.3) is 0 Å². The van der Waals surface area contributed by atoms with Crippen LogP contribution in [-0.4, -0.2) is 51.2 Å². The summed E-state index contributed by atoms with van der Waals surface area (Å²) in [5.74, 6) is -0.939. The summed E-state index contributed by atoms with van der Waals surface area (Å²) in [6.45, 7) is 3.77. The Balaban J connectivity index is 2.04. The predicted molar refractivity (Wildman–Crippen MR) is 64.7 cm³/mol. The zero-order valence-corrected chi connectivity index (χ0v) is 10.7. The molecule has 0 spiro atoms. The van der Waals surface area contributed by atoms with E-state index in [1.54, 1.807) is 0 Å². The molecule has 0 atom stereocenters. The molecule has 1 saturated heterocycles. The SMILES string of the molecule is CCN1CCN(Cc2cnc(Cl)cn2)C(=O)C1=O. The Morgan fingerprint density at radius 1 is 1.17 bits per heavy atom. The second-order valence-corrected chi connectivity index (χ2v) is 4.33. The van der Waals surface area contributed by atoms with E-state index in [1.807, 2.05) is 6.92 Å². The normalized spacial score (nSPS) is 16.3. The third-order valence-electron chi connectivity index (χ3n) is 2.81. The van der Waals surface area contributed by atoms with Gasteiger partial charge in [-0.25, -0.2) is 4.98 Å². The molecule has 7 heteroatoms. The summed E-state index contributed by atoms with van der Waals surface area (Å²) in [6, 6.07) is 0. The summed E-state index contributed by atoms with van der Waals surface area (Å²) < 4.78 is 0. The fraction of sp³-hybridized carbons (Fsp3) is 0.455. The first-order valence-corrected chi connectivity index (χ1v) is 6.04. The van der Waals surface area contributed by atoms with Gasteiger partial charge in [-0.2, -0.15) is 0 Å². The van der Waals surface area contributed by atoms with Gasteiger partial charge in [-0.1, -0.05) is 11.6 Å². The molecule has 1 aliphatic rings. The van der Waals surface area contributed by atoms with Crippen LogP contribution in [0, 0.1) is 0 Å². The molecule has 0 aromatic carbocycles. The molecule has 1 aliphatic heterocycles. The lowest BCUT2D eigenvalue weighted by atomic mass is 10.2. The van der Waals surface area contributed by atoms with Crippen molar-refractivity contribution in [1.29, 1.82) is 0 Å². The molecule has 2 rings (SSSR count). The Morgan fingerprint density at radius 3 is 2.44 bits per heavy atom. The first-order valence-electron chi connectivity index (χ1n) is 5.66. The highest BCUT2D eigenvalue weighted by Crippen LogP contribution is 2.09. The highest BCUT2D eigenvalue weighted by Gasteiger charge is 2.31. The largest absolute Gasteiger partial charge is 0.333 e. The van der Waals surface area contributed by atoms with Crippen molar-refractivity contribution in [2.45, 2.75) is 13.5 Å². The fourth-order valence-corrected chi connectivity index (χ4v) is 1.88. The number of carbonyl (C=O) groups is 2. The fourth-order valence-electron chi connectivity index (χ4n) is 1.78. The Morgan fingerprint density at radius 2 is 1.83 bits per heavy atom. The zero-order valence-electron chi connectivity index (χ0n) is 9.97. The summed E-state index contributed by atoms with van der Waals surface area (Å²) >= 11 is 5.63. The maximum absolute atomic E-state index is 11.8.